The van der Waals surface area contributed by atoms with Gasteiger partial charge in [0.2, 0.25) is 0 Å². The lowest BCUT2D eigenvalue weighted by Gasteiger charge is -2.26. The van der Waals surface area contributed by atoms with Gasteiger partial charge in [-0.2, -0.15) is 0 Å². The Bertz CT molecular complexity index is 548. The Morgan fingerprint density at radius 2 is 1.58 bits per heavy atom. The molecule has 0 heterocycles. The molecule has 1 atom stereocenters. The number of rotatable bonds is 4. The average Bonchev–Trinajstić information content (AvgIpc) is 2.49. The highest BCUT2D eigenvalue weighted by Gasteiger charge is 2.09. The van der Waals surface area contributed by atoms with Crippen molar-refractivity contribution in [3.8, 4) is 23.5 Å². The standard InChI is InChI=1S/C18H19N/c1-4-15(3)19(5-2)18-13-11-17(12-14-18)16-9-7-6-8-10-16/h1,6-15H,5H2,2-3H3. The number of terminal acetylenes is 1. The topological polar surface area (TPSA) is 3.24 Å². The molecular formula is C18H19N. The van der Waals surface area contributed by atoms with Gasteiger partial charge in [-0.05, 0) is 37.1 Å². The normalized spacial score (nSPS) is 11.6. The minimum absolute atomic E-state index is 0.118. The zero-order chi connectivity index (χ0) is 13.7. The van der Waals surface area contributed by atoms with Gasteiger partial charge in [0.1, 0.15) is 0 Å². The maximum absolute atomic E-state index is 5.52. The lowest BCUT2D eigenvalue weighted by atomic mass is 10.1. The zero-order valence-electron chi connectivity index (χ0n) is 11.5. The molecule has 0 aliphatic heterocycles. The second-order valence-corrected chi connectivity index (χ2v) is 4.54. The Morgan fingerprint density at radius 1 is 1.00 bits per heavy atom. The predicted molar refractivity (Wildman–Crippen MR) is 83.2 cm³/mol. The van der Waals surface area contributed by atoms with Crippen LogP contribution in [0.25, 0.3) is 11.1 Å². The minimum atomic E-state index is 0.118. The summed E-state index contributed by atoms with van der Waals surface area (Å²) in [6.07, 6.45) is 5.52. The highest BCUT2D eigenvalue weighted by Crippen LogP contribution is 2.23. The van der Waals surface area contributed by atoms with Crippen LogP contribution in [0.15, 0.2) is 54.6 Å². The number of hydrogen-bond acceptors (Lipinski definition) is 1. The fourth-order valence-corrected chi connectivity index (χ4v) is 2.25. The molecule has 19 heavy (non-hydrogen) atoms. The maximum Gasteiger partial charge on any atom is 0.0873 e. The summed E-state index contributed by atoms with van der Waals surface area (Å²) in [6, 6.07) is 19.1. The van der Waals surface area contributed by atoms with Gasteiger partial charge in [0.15, 0.2) is 0 Å². The van der Waals surface area contributed by atoms with E-state index in [9.17, 15) is 0 Å². The van der Waals surface area contributed by atoms with E-state index >= 15 is 0 Å². The van der Waals surface area contributed by atoms with Crippen LogP contribution in [0, 0.1) is 12.3 Å². The zero-order valence-corrected chi connectivity index (χ0v) is 11.5. The van der Waals surface area contributed by atoms with Crippen LogP contribution in [0.3, 0.4) is 0 Å². The third-order valence-corrected chi connectivity index (χ3v) is 3.36. The van der Waals surface area contributed by atoms with Crippen LogP contribution in [0.1, 0.15) is 13.8 Å². The summed E-state index contributed by atoms with van der Waals surface area (Å²) in [5, 5.41) is 0. The van der Waals surface area contributed by atoms with Crippen LogP contribution in [-0.2, 0) is 0 Å². The summed E-state index contributed by atoms with van der Waals surface area (Å²) in [4.78, 5) is 2.22. The lowest BCUT2D eigenvalue weighted by molar-refractivity contribution is 0.777. The van der Waals surface area contributed by atoms with Gasteiger partial charge in [0.25, 0.3) is 0 Å². The Balaban J connectivity index is 2.26. The second-order valence-electron chi connectivity index (χ2n) is 4.54. The first-order chi connectivity index (χ1) is 9.26. The molecule has 0 aromatic heterocycles. The van der Waals surface area contributed by atoms with E-state index in [1.54, 1.807) is 0 Å². The molecule has 2 aromatic carbocycles. The number of hydrogen-bond donors (Lipinski definition) is 0. The van der Waals surface area contributed by atoms with Gasteiger partial charge in [0.05, 0.1) is 6.04 Å². The highest BCUT2D eigenvalue weighted by atomic mass is 15.1. The van der Waals surface area contributed by atoms with Crippen LogP contribution < -0.4 is 4.90 Å². The van der Waals surface area contributed by atoms with Crippen molar-refractivity contribution < 1.29 is 0 Å². The molecule has 1 nitrogen and oxygen atoms in total. The van der Waals surface area contributed by atoms with E-state index < -0.39 is 0 Å². The van der Waals surface area contributed by atoms with Crippen LogP contribution in [0.2, 0.25) is 0 Å². The Morgan fingerprint density at radius 3 is 2.11 bits per heavy atom. The molecule has 0 saturated carbocycles. The van der Waals surface area contributed by atoms with Gasteiger partial charge >= 0.3 is 0 Å². The molecule has 0 spiro atoms. The molecule has 2 aromatic rings. The monoisotopic (exact) mass is 249 g/mol. The van der Waals surface area contributed by atoms with Crippen molar-refractivity contribution in [1.29, 1.82) is 0 Å². The second kappa shape index (κ2) is 6.11. The largest absolute Gasteiger partial charge is 0.358 e. The van der Waals surface area contributed by atoms with E-state index in [2.05, 4.69) is 73.2 Å². The third-order valence-electron chi connectivity index (χ3n) is 3.36. The fraction of sp³-hybridized carbons (Fsp3) is 0.222. The Kier molecular flexibility index (Phi) is 4.26. The first-order valence-corrected chi connectivity index (χ1v) is 6.64. The van der Waals surface area contributed by atoms with Crippen molar-refractivity contribution in [2.45, 2.75) is 19.9 Å². The maximum atomic E-state index is 5.52. The molecule has 0 fully saturated rings. The van der Waals surface area contributed by atoms with Gasteiger partial charge in [-0.15, -0.1) is 6.42 Å². The van der Waals surface area contributed by atoms with Gasteiger partial charge in [0, 0.05) is 12.2 Å². The van der Waals surface area contributed by atoms with E-state index in [1.807, 2.05) is 6.07 Å². The van der Waals surface area contributed by atoms with Gasteiger partial charge in [-0.1, -0.05) is 48.4 Å². The lowest BCUT2D eigenvalue weighted by Crippen LogP contribution is -2.31. The first kappa shape index (κ1) is 13.2. The summed E-state index contributed by atoms with van der Waals surface area (Å²) >= 11 is 0. The molecule has 0 radical (unpaired) electrons. The van der Waals surface area contributed by atoms with E-state index in [-0.39, 0.29) is 6.04 Å². The summed E-state index contributed by atoms with van der Waals surface area (Å²) < 4.78 is 0. The summed E-state index contributed by atoms with van der Waals surface area (Å²) in [5.74, 6) is 2.79. The molecule has 0 amide bonds. The van der Waals surface area contributed by atoms with Crippen molar-refractivity contribution in [2.75, 3.05) is 11.4 Å². The SMILES string of the molecule is C#CC(C)N(CC)c1ccc(-c2ccccc2)cc1. The number of nitrogens with zero attached hydrogens (tertiary/aromatic N) is 1. The average molecular weight is 249 g/mol. The van der Waals surface area contributed by atoms with Crippen LogP contribution in [0.5, 0.6) is 0 Å². The van der Waals surface area contributed by atoms with Crippen molar-refractivity contribution in [3.05, 3.63) is 54.6 Å². The molecular weight excluding hydrogens is 230 g/mol. The quantitative estimate of drug-likeness (QED) is 0.734. The Labute approximate surface area is 115 Å². The van der Waals surface area contributed by atoms with E-state index in [0.29, 0.717) is 0 Å². The first-order valence-electron chi connectivity index (χ1n) is 6.64. The molecule has 0 bridgehead atoms. The van der Waals surface area contributed by atoms with Crippen LogP contribution in [-0.4, -0.2) is 12.6 Å². The molecule has 2 rings (SSSR count). The summed E-state index contributed by atoms with van der Waals surface area (Å²) in [5.41, 5.74) is 3.64. The molecule has 96 valence electrons. The van der Waals surface area contributed by atoms with Crippen molar-refractivity contribution in [3.63, 3.8) is 0 Å². The molecule has 0 aliphatic rings. The van der Waals surface area contributed by atoms with Gasteiger partial charge in [-0.25, -0.2) is 0 Å². The molecule has 0 saturated heterocycles. The molecule has 1 heteroatoms. The predicted octanol–water partition coefficient (Wildman–Crippen LogP) is 4.20. The smallest absolute Gasteiger partial charge is 0.0873 e. The molecule has 0 N–H and O–H groups in total. The van der Waals surface area contributed by atoms with E-state index in [4.69, 9.17) is 6.42 Å². The number of anilines is 1. The van der Waals surface area contributed by atoms with Crippen molar-refractivity contribution >= 4 is 5.69 Å². The minimum Gasteiger partial charge on any atom is -0.358 e. The van der Waals surface area contributed by atoms with Gasteiger partial charge in [-0.3, -0.25) is 0 Å². The Hall–Kier alpha value is -2.20. The van der Waals surface area contributed by atoms with Crippen molar-refractivity contribution in [1.82, 2.24) is 0 Å². The van der Waals surface area contributed by atoms with E-state index in [0.717, 1.165) is 6.54 Å². The number of benzene rings is 2. The summed E-state index contributed by atoms with van der Waals surface area (Å²) in [6.45, 7) is 5.09. The summed E-state index contributed by atoms with van der Waals surface area (Å²) in [7, 11) is 0. The molecule has 0 aliphatic carbocycles. The van der Waals surface area contributed by atoms with Gasteiger partial charge < -0.3 is 4.90 Å². The van der Waals surface area contributed by atoms with Crippen LogP contribution in [0.4, 0.5) is 5.69 Å². The fourth-order valence-electron chi connectivity index (χ4n) is 2.25. The van der Waals surface area contributed by atoms with Crippen LogP contribution >= 0.6 is 0 Å². The highest BCUT2D eigenvalue weighted by molar-refractivity contribution is 5.66. The van der Waals surface area contributed by atoms with Crippen molar-refractivity contribution in [2.24, 2.45) is 0 Å². The van der Waals surface area contributed by atoms with E-state index in [1.165, 1.54) is 16.8 Å². The third kappa shape index (κ3) is 2.98. The molecule has 1 unspecified atom stereocenters.